The van der Waals surface area contributed by atoms with Gasteiger partial charge in [0.1, 0.15) is 0 Å². The lowest BCUT2D eigenvalue weighted by Gasteiger charge is -2.11. The predicted octanol–water partition coefficient (Wildman–Crippen LogP) is 5.87. The molecule has 0 fully saturated rings. The van der Waals surface area contributed by atoms with Crippen molar-refractivity contribution in [2.45, 2.75) is 20.8 Å². The molecule has 150 valence electrons. The van der Waals surface area contributed by atoms with Crippen LogP contribution in [0.2, 0.25) is 0 Å². The first kappa shape index (κ1) is 20.0. The first-order valence-electron chi connectivity index (χ1n) is 9.60. The Morgan fingerprint density at radius 3 is 2.43 bits per heavy atom. The second-order valence-electron chi connectivity index (χ2n) is 7.17. The molecule has 1 amide bonds. The summed E-state index contributed by atoms with van der Waals surface area (Å²) in [4.78, 5) is 17.6. The minimum absolute atomic E-state index is 0.122. The number of nitrogens with one attached hydrogen (secondary N) is 1. The third kappa shape index (κ3) is 3.91. The number of benzene rings is 3. The van der Waals surface area contributed by atoms with E-state index in [4.69, 9.17) is 0 Å². The highest BCUT2D eigenvalue weighted by atomic mass is 79.9. The van der Waals surface area contributed by atoms with Gasteiger partial charge < -0.3 is 5.32 Å². The highest BCUT2D eigenvalue weighted by molar-refractivity contribution is 9.10. The minimum atomic E-state index is -0.346. The minimum Gasteiger partial charge on any atom is -0.319 e. The Balaban J connectivity index is 1.79. The molecule has 0 saturated heterocycles. The van der Waals surface area contributed by atoms with E-state index in [1.54, 1.807) is 4.68 Å². The highest BCUT2D eigenvalue weighted by Crippen LogP contribution is 2.25. The summed E-state index contributed by atoms with van der Waals surface area (Å²) >= 11 is 3.44. The Labute approximate surface area is 183 Å². The fraction of sp³-hybridized carbons (Fsp3) is 0.125. The molecule has 0 atom stereocenters. The van der Waals surface area contributed by atoms with E-state index in [0.29, 0.717) is 5.82 Å². The molecule has 4 aromatic rings. The Kier molecular flexibility index (Phi) is 5.50. The summed E-state index contributed by atoms with van der Waals surface area (Å²) in [7, 11) is 0. The number of carbonyl (C=O) groups excluding carboxylic acids is 1. The smallest absolute Gasteiger partial charge is 0.295 e. The van der Waals surface area contributed by atoms with Crippen molar-refractivity contribution in [2.24, 2.45) is 0 Å². The number of aromatic nitrogens is 3. The van der Waals surface area contributed by atoms with E-state index in [0.717, 1.165) is 38.1 Å². The molecule has 1 N–H and O–H groups in total. The van der Waals surface area contributed by atoms with Gasteiger partial charge in [0.15, 0.2) is 5.82 Å². The van der Waals surface area contributed by atoms with Crippen LogP contribution < -0.4 is 5.32 Å². The lowest BCUT2D eigenvalue weighted by molar-refractivity contribution is 0.101. The van der Waals surface area contributed by atoms with Crippen molar-refractivity contribution in [1.82, 2.24) is 14.8 Å². The molecule has 4 rings (SSSR count). The average molecular weight is 461 g/mol. The molecular weight excluding hydrogens is 440 g/mol. The molecular formula is C24H21BrN4O. The topological polar surface area (TPSA) is 59.8 Å². The van der Waals surface area contributed by atoms with Gasteiger partial charge in [-0.3, -0.25) is 4.79 Å². The van der Waals surface area contributed by atoms with Crippen molar-refractivity contribution in [3.63, 3.8) is 0 Å². The Morgan fingerprint density at radius 1 is 0.933 bits per heavy atom. The molecule has 0 bridgehead atoms. The van der Waals surface area contributed by atoms with Crippen molar-refractivity contribution in [3.8, 4) is 17.1 Å². The zero-order valence-corrected chi connectivity index (χ0v) is 18.6. The molecule has 3 aromatic carbocycles. The Morgan fingerprint density at radius 2 is 1.70 bits per heavy atom. The van der Waals surface area contributed by atoms with E-state index in [9.17, 15) is 4.79 Å². The zero-order valence-electron chi connectivity index (χ0n) is 17.0. The van der Waals surface area contributed by atoms with E-state index in [-0.39, 0.29) is 11.7 Å². The maximum Gasteiger partial charge on any atom is 0.295 e. The summed E-state index contributed by atoms with van der Waals surface area (Å²) in [6, 6.07) is 21.5. The van der Waals surface area contributed by atoms with Crippen molar-refractivity contribution in [1.29, 1.82) is 0 Å². The van der Waals surface area contributed by atoms with Crippen LogP contribution in [0.3, 0.4) is 0 Å². The van der Waals surface area contributed by atoms with Gasteiger partial charge in [0.25, 0.3) is 5.91 Å². The Hall–Kier alpha value is -3.25. The summed E-state index contributed by atoms with van der Waals surface area (Å²) in [5.41, 5.74) is 5.72. The number of carbonyl (C=O) groups is 1. The Bertz CT molecular complexity index is 1230. The third-order valence-electron chi connectivity index (χ3n) is 5.08. The van der Waals surface area contributed by atoms with E-state index in [1.807, 2.05) is 74.5 Å². The fourth-order valence-corrected chi connectivity index (χ4v) is 3.74. The second-order valence-corrected chi connectivity index (χ2v) is 8.08. The van der Waals surface area contributed by atoms with E-state index in [2.05, 4.69) is 44.3 Å². The van der Waals surface area contributed by atoms with Gasteiger partial charge in [-0.25, -0.2) is 9.67 Å². The van der Waals surface area contributed by atoms with Crippen LogP contribution in [0.4, 0.5) is 5.69 Å². The summed E-state index contributed by atoms with van der Waals surface area (Å²) < 4.78 is 2.71. The quantitative estimate of drug-likeness (QED) is 0.413. The molecule has 30 heavy (non-hydrogen) atoms. The summed E-state index contributed by atoms with van der Waals surface area (Å²) in [5, 5.41) is 7.51. The van der Waals surface area contributed by atoms with Crippen molar-refractivity contribution >= 4 is 27.5 Å². The van der Waals surface area contributed by atoms with Crippen LogP contribution in [0.5, 0.6) is 0 Å². The van der Waals surface area contributed by atoms with Gasteiger partial charge in [0.2, 0.25) is 5.82 Å². The number of anilines is 1. The van der Waals surface area contributed by atoms with Gasteiger partial charge in [-0.05, 0) is 61.7 Å². The monoisotopic (exact) mass is 460 g/mol. The van der Waals surface area contributed by atoms with Gasteiger partial charge in [-0.2, -0.15) is 0 Å². The molecule has 0 aliphatic carbocycles. The number of amides is 1. The fourth-order valence-electron chi connectivity index (χ4n) is 3.26. The van der Waals surface area contributed by atoms with Crippen LogP contribution >= 0.6 is 15.9 Å². The van der Waals surface area contributed by atoms with Crippen LogP contribution in [0.1, 0.15) is 27.3 Å². The van der Waals surface area contributed by atoms with Crippen LogP contribution in [-0.2, 0) is 0 Å². The summed E-state index contributed by atoms with van der Waals surface area (Å²) in [6.45, 7) is 6.05. The average Bonchev–Trinajstić information content (AvgIpc) is 3.18. The van der Waals surface area contributed by atoms with Gasteiger partial charge in [-0.1, -0.05) is 58.4 Å². The third-order valence-corrected chi connectivity index (χ3v) is 5.58. The maximum atomic E-state index is 13.0. The van der Waals surface area contributed by atoms with Crippen molar-refractivity contribution in [2.75, 3.05) is 5.32 Å². The number of hydrogen-bond acceptors (Lipinski definition) is 3. The van der Waals surface area contributed by atoms with Crippen LogP contribution in [-0.4, -0.2) is 20.7 Å². The second kappa shape index (κ2) is 8.24. The van der Waals surface area contributed by atoms with Crippen molar-refractivity contribution in [3.05, 3.63) is 93.7 Å². The van der Waals surface area contributed by atoms with Gasteiger partial charge >= 0.3 is 0 Å². The molecule has 0 unspecified atom stereocenters. The summed E-state index contributed by atoms with van der Waals surface area (Å²) in [5.74, 6) is 0.403. The summed E-state index contributed by atoms with van der Waals surface area (Å²) in [6.07, 6.45) is 0. The number of aryl methyl sites for hydroxylation is 2. The molecule has 0 aliphatic heterocycles. The van der Waals surface area contributed by atoms with E-state index < -0.39 is 0 Å². The highest BCUT2D eigenvalue weighted by Gasteiger charge is 2.20. The zero-order chi connectivity index (χ0) is 21.3. The number of hydrogen-bond donors (Lipinski definition) is 1. The molecule has 0 spiro atoms. The normalized spacial score (nSPS) is 10.8. The van der Waals surface area contributed by atoms with Crippen LogP contribution in [0.25, 0.3) is 17.1 Å². The molecule has 0 aliphatic rings. The molecule has 1 heterocycles. The molecule has 0 radical (unpaired) electrons. The van der Waals surface area contributed by atoms with Gasteiger partial charge in [0.05, 0.1) is 5.69 Å². The lowest BCUT2D eigenvalue weighted by Crippen LogP contribution is -2.15. The molecule has 6 heteroatoms. The predicted molar refractivity (Wildman–Crippen MR) is 123 cm³/mol. The molecule has 1 aromatic heterocycles. The molecule has 5 nitrogen and oxygen atoms in total. The lowest BCUT2D eigenvalue weighted by atomic mass is 10.1. The number of halogens is 1. The molecule has 0 saturated carbocycles. The SMILES string of the molecule is Cc1cc(Br)ccc1NC(=O)c1nc(-c2ccccc2)n(-c2cccc(C)c2C)n1. The first-order valence-corrected chi connectivity index (χ1v) is 10.4. The van der Waals surface area contributed by atoms with Crippen LogP contribution in [0.15, 0.2) is 71.2 Å². The first-order chi connectivity index (χ1) is 14.4. The van der Waals surface area contributed by atoms with Gasteiger partial charge in [-0.15, -0.1) is 5.10 Å². The van der Waals surface area contributed by atoms with Crippen LogP contribution in [0, 0.1) is 20.8 Å². The standard InChI is InChI=1S/C24H21BrN4O/c1-15-8-7-11-21(17(15)3)29-23(18-9-5-4-6-10-18)27-22(28-29)24(30)26-20-13-12-19(25)14-16(20)2/h4-14H,1-3H3,(H,26,30). The van der Waals surface area contributed by atoms with E-state index in [1.165, 1.54) is 0 Å². The number of rotatable bonds is 4. The number of nitrogens with zero attached hydrogens (tertiary/aromatic N) is 3. The van der Waals surface area contributed by atoms with E-state index >= 15 is 0 Å². The van der Waals surface area contributed by atoms with Gasteiger partial charge in [0, 0.05) is 15.7 Å². The largest absolute Gasteiger partial charge is 0.319 e. The maximum absolute atomic E-state index is 13.0. The van der Waals surface area contributed by atoms with Crippen molar-refractivity contribution < 1.29 is 4.79 Å².